The zero-order chi connectivity index (χ0) is 17.8. The molecule has 2 aromatic rings. The van der Waals surface area contributed by atoms with Crippen LogP contribution in [0, 0.1) is 5.92 Å². The van der Waals surface area contributed by atoms with Gasteiger partial charge in [0.05, 0.1) is 6.54 Å². The Kier molecular flexibility index (Phi) is 5.76. The first-order valence-corrected chi connectivity index (χ1v) is 9.62. The van der Waals surface area contributed by atoms with Gasteiger partial charge in [-0.05, 0) is 48.6 Å². The number of benzene rings is 1. The van der Waals surface area contributed by atoms with Gasteiger partial charge in [-0.1, -0.05) is 17.7 Å². The molecule has 25 heavy (non-hydrogen) atoms. The normalized spacial score (nSPS) is 15.2. The SMILES string of the molecule is CN(Cc1cccs1)C(=O)C1CCN(C(=O)c2ccc(Cl)cc2)CC1. The maximum Gasteiger partial charge on any atom is 0.253 e. The summed E-state index contributed by atoms with van der Waals surface area (Å²) in [6.07, 6.45) is 1.43. The molecule has 2 amide bonds. The minimum Gasteiger partial charge on any atom is -0.340 e. The molecule has 4 nitrogen and oxygen atoms in total. The van der Waals surface area contributed by atoms with Gasteiger partial charge in [0.2, 0.25) is 5.91 Å². The Morgan fingerprint density at radius 1 is 1.20 bits per heavy atom. The van der Waals surface area contributed by atoms with Gasteiger partial charge in [-0.25, -0.2) is 0 Å². The van der Waals surface area contributed by atoms with E-state index >= 15 is 0 Å². The van der Waals surface area contributed by atoms with Crippen molar-refractivity contribution in [2.75, 3.05) is 20.1 Å². The molecule has 2 heterocycles. The summed E-state index contributed by atoms with van der Waals surface area (Å²) in [7, 11) is 1.85. The highest BCUT2D eigenvalue weighted by atomic mass is 35.5. The molecule has 1 aromatic carbocycles. The first kappa shape index (κ1) is 18.0. The Balaban J connectivity index is 1.53. The highest BCUT2D eigenvalue weighted by Crippen LogP contribution is 2.22. The molecule has 0 aliphatic carbocycles. The van der Waals surface area contributed by atoms with Crippen molar-refractivity contribution in [1.29, 1.82) is 0 Å². The van der Waals surface area contributed by atoms with Crippen LogP contribution in [0.25, 0.3) is 0 Å². The lowest BCUT2D eigenvalue weighted by Gasteiger charge is -2.33. The lowest BCUT2D eigenvalue weighted by Crippen LogP contribution is -2.43. The van der Waals surface area contributed by atoms with E-state index in [-0.39, 0.29) is 17.7 Å². The maximum atomic E-state index is 12.6. The van der Waals surface area contributed by atoms with Gasteiger partial charge < -0.3 is 9.80 Å². The molecule has 0 bridgehead atoms. The van der Waals surface area contributed by atoms with E-state index in [9.17, 15) is 9.59 Å². The van der Waals surface area contributed by atoms with Gasteiger partial charge in [0.15, 0.2) is 0 Å². The lowest BCUT2D eigenvalue weighted by molar-refractivity contribution is -0.136. The van der Waals surface area contributed by atoms with Crippen LogP contribution in [0.5, 0.6) is 0 Å². The number of amides is 2. The number of piperidine rings is 1. The van der Waals surface area contributed by atoms with E-state index in [0.717, 1.165) is 0 Å². The quantitative estimate of drug-likeness (QED) is 0.811. The van der Waals surface area contributed by atoms with Crippen molar-refractivity contribution in [2.45, 2.75) is 19.4 Å². The summed E-state index contributed by atoms with van der Waals surface area (Å²) < 4.78 is 0. The fraction of sp³-hybridized carbons (Fsp3) is 0.368. The van der Waals surface area contributed by atoms with E-state index < -0.39 is 0 Å². The summed E-state index contributed by atoms with van der Waals surface area (Å²) in [5, 5.41) is 2.64. The maximum absolute atomic E-state index is 12.6. The molecule has 132 valence electrons. The number of carbonyl (C=O) groups is 2. The summed E-state index contributed by atoms with van der Waals surface area (Å²) in [5.74, 6) is 0.181. The summed E-state index contributed by atoms with van der Waals surface area (Å²) in [4.78, 5) is 30.0. The van der Waals surface area contributed by atoms with Crippen LogP contribution in [-0.2, 0) is 11.3 Å². The molecule has 0 unspecified atom stereocenters. The predicted molar refractivity (Wildman–Crippen MR) is 101 cm³/mol. The molecule has 0 atom stereocenters. The molecular formula is C19H21ClN2O2S. The number of rotatable bonds is 4. The number of thiophene rings is 1. The van der Waals surface area contributed by atoms with Crippen molar-refractivity contribution < 1.29 is 9.59 Å². The molecule has 0 N–H and O–H groups in total. The van der Waals surface area contributed by atoms with Gasteiger partial charge in [-0.3, -0.25) is 9.59 Å². The van der Waals surface area contributed by atoms with Crippen LogP contribution in [0.4, 0.5) is 0 Å². The molecule has 1 aliphatic rings. The minimum absolute atomic E-state index is 0.000713. The topological polar surface area (TPSA) is 40.6 Å². The smallest absolute Gasteiger partial charge is 0.253 e. The van der Waals surface area contributed by atoms with Gasteiger partial charge in [0.1, 0.15) is 0 Å². The van der Waals surface area contributed by atoms with Crippen molar-refractivity contribution in [3.63, 3.8) is 0 Å². The average Bonchev–Trinajstić information content (AvgIpc) is 3.14. The highest BCUT2D eigenvalue weighted by molar-refractivity contribution is 7.09. The third-order valence-corrected chi connectivity index (χ3v) is 5.69. The number of halogens is 1. The van der Waals surface area contributed by atoms with E-state index in [1.54, 1.807) is 40.5 Å². The largest absolute Gasteiger partial charge is 0.340 e. The summed E-state index contributed by atoms with van der Waals surface area (Å²) >= 11 is 7.53. The van der Waals surface area contributed by atoms with Crippen molar-refractivity contribution in [2.24, 2.45) is 5.92 Å². The monoisotopic (exact) mass is 376 g/mol. The zero-order valence-corrected chi connectivity index (χ0v) is 15.7. The lowest BCUT2D eigenvalue weighted by atomic mass is 9.95. The van der Waals surface area contributed by atoms with Crippen LogP contribution >= 0.6 is 22.9 Å². The molecule has 1 saturated heterocycles. The molecule has 0 saturated carbocycles. The Morgan fingerprint density at radius 2 is 1.88 bits per heavy atom. The predicted octanol–water partition coefficient (Wildman–Crippen LogP) is 3.91. The van der Waals surface area contributed by atoms with Crippen LogP contribution in [0.2, 0.25) is 5.02 Å². The van der Waals surface area contributed by atoms with Crippen LogP contribution < -0.4 is 0 Å². The van der Waals surface area contributed by atoms with Gasteiger partial charge in [-0.2, -0.15) is 0 Å². The number of likely N-dealkylation sites (tertiary alicyclic amines) is 1. The highest BCUT2D eigenvalue weighted by Gasteiger charge is 2.29. The van der Waals surface area contributed by atoms with Crippen LogP contribution in [0.15, 0.2) is 41.8 Å². The van der Waals surface area contributed by atoms with Gasteiger partial charge in [0.25, 0.3) is 5.91 Å². The van der Waals surface area contributed by atoms with E-state index in [0.29, 0.717) is 43.1 Å². The fourth-order valence-electron chi connectivity index (χ4n) is 3.13. The molecule has 0 spiro atoms. The molecule has 6 heteroatoms. The summed E-state index contributed by atoms with van der Waals surface area (Å²) in [6, 6.07) is 11.0. The van der Waals surface area contributed by atoms with E-state index in [1.807, 2.05) is 29.5 Å². The molecular weight excluding hydrogens is 356 g/mol. The Morgan fingerprint density at radius 3 is 2.48 bits per heavy atom. The van der Waals surface area contributed by atoms with Crippen molar-refractivity contribution >= 4 is 34.8 Å². The summed E-state index contributed by atoms with van der Waals surface area (Å²) in [5.41, 5.74) is 0.643. The number of nitrogens with zero attached hydrogens (tertiary/aromatic N) is 2. The van der Waals surface area contributed by atoms with Gasteiger partial charge in [-0.15, -0.1) is 11.3 Å². The van der Waals surface area contributed by atoms with E-state index in [1.165, 1.54) is 4.88 Å². The molecule has 1 aliphatic heterocycles. The molecule has 0 radical (unpaired) electrons. The average molecular weight is 377 g/mol. The van der Waals surface area contributed by atoms with Crippen LogP contribution in [0.3, 0.4) is 0 Å². The number of carbonyl (C=O) groups excluding carboxylic acids is 2. The first-order valence-electron chi connectivity index (χ1n) is 8.37. The standard InChI is InChI=1S/C19H21ClN2O2S/c1-21(13-17-3-2-12-25-17)18(23)15-8-10-22(11-9-15)19(24)14-4-6-16(20)7-5-14/h2-7,12,15H,8-11,13H2,1H3. The Labute approximate surface area is 157 Å². The second kappa shape index (κ2) is 8.02. The van der Waals surface area contributed by atoms with Crippen LogP contribution in [0.1, 0.15) is 28.1 Å². The van der Waals surface area contributed by atoms with Gasteiger partial charge >= 0.3 is 0 Å². The van der Waals surface area contributed by atoms with Crippen molar-refractivity contribution in [3.05, 3.63) is 57.2 Å². The fourth-order valence-corrected chi connectivity index (χ4v) is 4.01. The second-order valence-electron chi connectivity index (χ2n) is 6.35. The minimum atomic E-state index is -0.000713. The molecule has 3 rings (SSSR count). The number of hydrogen-bond donors (Lipinski definition) is 0. The van der Waals surface area contributed by atoms with E-state index in [2.05, 4.69) is 0 Å². The van der Waals surface area contributed by atoms with Gasteiger partial charge in [0, 0.05) is 41.5 Å². The molecule has 1 aromatic heterocycles. The number of hydrogen-bond acceptors (Lipinski definition) is 3. The Bertz CT molecular complexity index is 722. The third kappa shape index (κ3) is 4.41. The second-order valence-corrected chi connectivity index (χ2v) is 7.82. The van der Waals surface area contributed by atoms with Crippen molar-refractivity contribution in [3.8, 4) is 0 Å². The molecule has 1 fully saturated rings. The van der Waals surface area contributed by atoms with Crippen molar-refractivity contribution in [1.82, 2.24) is 9.80 Å². The van der Waals surface area contributed by atoms with Crippen LogP contribution in [-0.4, -0.2) is 41.8 Å². The first-order chi connectivity index (χ1) is 12.0. The summed E-state index contributed by atoms with van der Waals surface area (Å²) in [6.45, 7) is 1.88. The van der Waals surface area contributed by atoms with E-state index in [4.69, 9.17) is 11.6 Å². The third-order valence-electron chi connectivity index (χ3n) is 4.57. The zero-order valence-electron chi connectivity index (χ0n) is 14.2. The Hall–Kier alpha value is -1.85.